The molecule has 1 atom stereocenters. The van der Waals surface area contributed by atoms with Crippen LogP contribution < -0.4 is 5.32 Å². The molecule has 0 aliphatic carbocycles. The molecule has 3 heterocycles. The Bertz CT molecular complexity index is 847. The van der Waals surface area contributed by atoms with Crippen LogP contribution in [-0.2, 0) is 15.9 Å². The molecule has 1 fully saturated rings. The number of amides is 1. The Labute approximate surface area is 170 Å². The zero-order valence-corrected chi connectivity index (χ0v) is 17.7. The number of hydrogen-bond donors (Lipinski definition) is 1. The molecule has 0 bridgehead atoms. The van der Waals surface area contributed by atoms with Crippen LogP contribution in [0.4, 0.5) is 10.6 Å². The van der Waals surface area contributed by atoms with Crippen molar-refractivity contribution in [2.75, 3.05) is 38.2 Å². The Morgan fingerprint density at radius 1 is 1.28 bits per heavy atom. The minimum absolute atomic E-state index is 0.134. The molecule has 3 rings (SSSR count). The molecular formula is C20H29N5O4. The van der Waals surface area contributed by atoms with E-state index in [9.17, 15) is 4.79 Å². The molecule has 1 amide bonds. The molecule has 1 aliphatic heterocycles. The monoisotopic (exact) mass is 403 g/mol. The van der Waals surface area contributed by atoms with Crippen LogP contribution in [0.15, 0.2) is 4.52 Å². The van der Waals surface area contributed by atoms with Crippen molar-refractivity contribution in [3.63, 3.8) is 0 Å². The average molecular weight is 403 g/mol. The Hall–Kier alpha value is -2.68. The fourth-order valence-electron chi connectivity index (χ4n) is 3.44. The molecule has 1 N–H and O–H groups in total. The summed E-state index contributed by atoms with van der Waals surface area (Å²) in [4.78, 5) is 23.3. The highest BCUT2D eigenvalue weighted by atomic mass is 16.6. The number of nitrogens with one attached hydrogen (secondary N) is 1. The topological polar surface area (TPSA) is 103 Å². The van der Waals surface area contributed by atoms with Gasteiger partial charge in [0.05, 0.1) is 42.8 Å². The molecule has 2 aromatic rings. The zero-order valence-electron chi connectivity index (χ0n) is 17.7. The molecule has 158 valence electrons. The van der Waals surface area contributed by atoms with Crippen LogP contribution >= 0.6 is 0 Å². The quantitative estimate of drug-likeness (QED) is 0.785. The minimum Gasteiger partial charge on any atom is -0.450 e. The summed E-state index contributed by atoms with van der Waals surface area (Å²) >= 11 is 0. The summed E-state index contributed by atoms with van der Waals surface area (Å²) in [7, 11) is 0. The van der Waals surface area contributed by atoms with Gasteiger partial charge in [0.1, 0.15) is 17.4 Å². The molecule has 0 aromatic carbocycles. The van der Waals surface area contributed by atoms with Gasteiger partial charge in [0, 0.05) is 25.1 Å². The second-order valence-electron chi connectivity index (χ2n) is 7.02. The molecule has 0 saturated carbocycles. The predicted molar refractivity (Wildman–Crippen MR) is 108 cm³/mol. The van der Waals surface area contributed by atoms with Crippen LogP contribution in [0.1, 0.15) is 36.7 Å². The Morgan fingerprint density at radius 2 is 2.07 bits per heavy atom. The van der Waals surface area contributed by atoms with E-state index in [1.54, 1.807) is 11.8 Å². The van der Waals surface area contributed by atoms with Crippen LogP contribution in [0, 0.1) is 20.8 Å². The summed E-state index contributed by atoms with van der Waals surface area (Å²) in [5.41, 5.74) is 3.43. The van der Waals surface area contributed by atoms with Crippen LogP contribution in [0.2, 0.25) is 0 Å². The first-order chi connectivity index (χ1) is 14.0. The molecular weight excluding hydrogens is 374 g/mol. The first-order valence-corrected chi connectivity index (χ1v) is 10.0. The predicted octanol–water partition coefficient (Wildman–Crippen LogP) is 2.89. The molecule has 9 heteroatoms. The van der Waals surface area contributed by atoms with Crippen molar-refractivity contribution in [1.29, 1.82) is 0 Å². The number of aryl methyl sites for hydroxylation is 3. The summed E-state index contributed by atoms with van der Waals surface area (Å²) in [6, 6.07) is -0.134. The van der Waals surface area contributed by atoms with Gasteiger partial charge in [-0.05, 0) is 27.7 Å². The number of rotatable bonds is 6. The summed E-state index contributed by atoms with van der Waals surface area (Å²) in [6.45, 7) is 11.9. The van der Waals surface area contributed by atoms with E-state index in [1.165, 1.54) is 0 Å². The third-order valence-electron chi connectivity index (χ3n) is 5.01. The Morgan fingerprint density at radius 3 is 2.72 bits per heavy atom. The highest BCUT2D eigenvalue weighted by Crippen LogP contribution is 2.31. The number of ether oxygens (including phenoxy) is 2. The van der Waals surface area contributed by atoms with Crippen LogP contribution in [0.25, 0.3) is 11.3 Å². The lowest BCUT2D eigenvalue weighted by Gasteiger charge is -2.35. The number of hydrogen-bond acceptors (Lipinski definition) is 8. The second-order valence-corrected chi connectivity index (χ2v) is 7.02. The lowest BCUT2D eigenvalue weighted by Crippen LogP contribution is -2.52. The summed E-state index contributed by atoms with van der Waals surface area (Å²) in [5.74, 6) is 2.20. The molecule has 1 saturated heterocycles. The van der Waals surface area contributed by atoms with Crippen molar-refractivity contribution < 1.29 is 18.8 Å². The highest BCUT2D eigenvalue weighted by Gasteiger charge is 2.29. The van der Waals surface area contributed by atoms with Gasteiger partial charge < -0.3 is 19.3 Å². The largest absolute Gasteiger partial charge is 0.450 e. The van der Waals surface area contributed by atoms with E-state index in [4.69, 9.17) is 19.0 Å². The number of carbonyl (C=O) groups is 1. The first-order valence-electron chi connectivity index (χ1n) is 10.0. The normalized spacial score (nSPS) is 16.7. The van der Waals surface area contributed by atoms with Crippen molar-refractivity contribution in [2.24, 2.45) is 0 Å². The lowest BCUT2D eigenvalue weighted by atomic mass is 10.1. The van der Waals surface area contributed by atoms with Crippen LogP contribution in [0.5, 0.6) is 0 Å². The number of nitrogens with zero attached hydrogens (tertiary/aromatic N) is 4. The van der Waals surface area contributed by atoms with E-state index in [1.807, 2.05) is 27.7 Å². The number of aromatic nitrogens is 3. The van der Waals surface area contributed by atoms with Gasteiger partial charge in [-0.2, -0.15) is 0 Å². The fraction of sp³-hybridized carbons (Fsp3) is 0.600. The zero-order chi connectivity index (χ0) is 21.0. The maximum absolute atomic E-state index is 12.2. The third kappa shape index (κ3) is 4.50. The minimum atomic E-state index is -0.312. The van der Waals surface area contributed by atoms with Gasteiger partial charge in [-0.15, -0.1) is 0 Å². The van der Waals surface area contributed by atoms with Crippen molar-refractivity contribution >= 4 is 11.9 Å². The maximum atomic E-state index is 12.2. The fourth-order valence-corrected chi connectivity index (χ4v) is 3.44. The standard InChI is InChI=1S/C20H29N5O4/c1-6-16-22-18(17-13(4)24-29-14(17)5)12(3)19(23-16)21-10-15-11-27-9-8-25(15)20(26)28-7-2/h15H,6-11H2,1-5H3,(H,21,22,23)/t15-/m1/s1. The van der Waals surface area contributed by atoms with E-state index in [0.29, 0.717) is 39.3 Å². The van der Waals surface area contributed by atoms with Gasteiger partial charge >= 0.3 is 6.09 Å². The average Bonchev–Trinajstić information content (AvgIpc) is 3.05. The number of anilines is 1. The molecule has 0 radical (unpaired) electrons. The number of carbonyl (C=O) groups excluding carboxylic acids is 1. The number of morpholine rings is 1. The van der Waals surface area contributed by atoms with Gasteiger partial charge in [0.25, 0.3) is 0 Å². The van der Waals surface area contributed by atoms with Gasteiger partial charge in [0.15, 0.2) is 0 Å². The van der Waals surface area contributed by atoms with Gasteiger partial charge in [0.2, 0.25) is 0 Å². The smallest absolute Gasteiger partial charge is 0.410 e. The van der Waals surface area contributed by atoms with Crippen LogP contribution in [-0.4, -0.2) is 65.1 Å². The van der Waals surface area contributed by atoms with E-state index in [-0.39, 0.29) is 12.1 Å². The molecule has 9 nitrogen and oxygen atoms in total. The van der Waals surface area contributed by atoms with Gasteiger partial charge in [-0.1, -0.05) is 12.1 Å². The van der Waals surface area contributed by atoms with Gasteiger partial charge in [-0.25, -0.2) is 14.8 Å². The Balaban J connectivity index is 1.85. The molecule has 0 unspecified atom stereocenters. The SMILES string of the molecule is CCOC(=O)N1CCOC[C@H]1CNc1nc(CC)nc(-c2c(C)noc2C)c1C. The first kappa shape index (κ1) is 21.0. The summed E-state index contributed by atoms with van der Waals surface area (Å²) in [6.07, 6.45) is 0.389. The highest BCUT2D eigenvalue weighted by molar-refractivity contribution is 5.71. The van der Waals surface area contributed by atoms with Crippen molar-refractivity contribution in [3.8, 4) is 11.3 Å². The van der Waals surface area contributed by atoms with Crippen molar-refractivity contribution in [3.05, 3.63) is 22.8 Å². The van der Waals surface area contributed by atoms with Crippen molar-refractivity contribution in [1.82, 2.24) is 20.0 Å². The Kier molecular flexibility index (Phi) is 6.68. The molecule has 1 aliphatic rings. The third-order valence-corrected chi connectivity index (χ3v) is 5.01. The van der Waals surface area contributed by atoms with E-state index in [2.05, 4.69) is 15.5 Å². The van der Waals surface area contributed by atoms with Gasteiger partial charge in [-0.3, -0.25) is 4.90 Å². The van der Waals surface area contributed by atoms with E-state index >= 15 is 0 Å². The lowest BCUT2D eigenvalue weighted by molar-refractivity contribution is -0.00379. The van der Waals surface area contributed by atoms with E-state index < -0.39 is 0 Å². The van der Waals surface area contributed by atoms with Crippen LogP contribution in [0.3, 0.4) is 0 Å². The van der Waals surface area contributed by atoms with E-state index in [0.717, 1.165) is 39.9 Å². The second kappa shape index (κ2) is 9.21. The maximum Gasteiger partial charge on any atom is 0.410 e. The molecule has 29 heavy (non-hydrogen) atoms. The van der Waals surface area contributed by atoms with Crippen molar-refractivity contribution in [2.45, 2.75) is 47.1 Å². The summed E-state index contributed by atoms with van der Waals surface area (Å²) in [5, 5.41) is 7.45. The molecule has 2 aromatic heterocycles. The summed E-state index contributed by atoms with van der Waals surface area (Å²) < 4.78 is 16.1. The molecule has 0 spiro atoms.